The van der Waals surface area contributed by atoms with E-state index in [9.17, 15) is 5.11 Å². The number of aromatic hydroxyl groups is 1. The number of rotatable bonds is 1. The van der Waals surface area contributed by atoms with Gasteiger partial charge in [0.2, 0.25) is 0 Å². The predicted octanol–water partition coefficient (Wildman–Crippen LogP) is 2.59. The molecule has 1 aromatic carbocycles. The molecule has 3 heteroatoms. The standard InChI is InChI=1S/C12H14O3/c1-12(2)5-4-8-6-9(13)7-10(14-3)11(8)15-12/h4-7,13H,1-3H3. The second kappa shape index (κ2) is 3.19. The second-order valence-corrected chi connectivity index (χ2v) is 4.11. The molecule has 1 aliphatic rings. The van der Waals surface area contributed by atoms with Crippen LogP contribution in [0.2, 0.25) is 0 Å². The highest BCUT2D eigenvalue weighted by Gasteiger charge is 2.24. The van der Waals surface area contributed by atoms with E-state index < -0.39 is 0 Å². The predicted molar refractivity (Wildman–Crippen MR) is 58.4 cm³/mol. The molecule has 0 fully saturated rings. The van der Waals surface area contributed by atoms with Crippen LogP contribution in [0.15, 0.2) is 18.2 Å². The number of hydrogen-bond donors (Lipinski definition) is 1. The van der Waals surface area contributed by atoms with Crippen molar-refractivity contribution in [1.29, 1.82) is 0 Å². The summed E-state index contributed by atoms with van der Waals surface area (Å²) in [6.07, 6.45) is 3.88. The molecule has 0 aromatic heterocycles. The van der Waals surface area contributed by atoms with Gasteiger partial charge in [0.1, 0.15) is 11.4 Å². The minimum Gasteiger partial charge on any atom is -0.508 e. The van der Waals surface area contributed by atoms with Crippen LogP contribution in [-0.4, -0.2) is 17.8 Å². The van der Waals surface area contributed by atoms with Gasteiger partial charge in [-0.1, -0.05) is 6.08 Å². The molecule has 0 radical (unpaired) electrons. The summed E-state index contributed by atoms with van der Waals surface area (Å²) in [5.74, 6) is 1.42. The largest absolute Gasteiger partial charge is 0.508 e. The van der Waals surface area contributed by atoms with E-state index in [1.165, 1.54) is 0 Å². The van der Waals surface area contributed by atoms with E-state index in [-0.39, 0.29) is 11.4 Å². The Morgan fingerprint density at radius 2 is 2.07 bits per heavy atom. The van der Waals surface area contributed by atoms with Gasteiger partial charge in [0.05, 0.1) is 7.11 Å². The SMILES string of the molecule is COc1cc(O)cc2c1OC(C)(C)C=C2. The van der Waals surface area contributed by atoms with Gasteiger partial charge in [-0.2, -0.15) is 0 Å². The maximum Gasteiger partial charge on any atom is 0.169 e. The van der Waals surface area contributed by atoms with Gasteiger partial charge in [-0.25, -0.2) is 0 Å². The van der Waals surface area contributed by atoms with E-state index in [1.54, 1.807) is 19.2 Å². The van der Waals surface area contributed by atoms with Crippen LogP contribution in [0.4, 0.5) is 0 Å². The van der Waals surface area contributed by atoms with Crippen molar-refractivity contribution in [3.05, 3.63) is 23.8 Å². The highest BCUT2D eigenvalue weighted by Crippen LogP contribution is 2.41. The van der Waals surface area contributed by atoms with Gasteiger partial charge < -0.3 is 14.6 Å². The zero-order chi connectivity index (χ0) is 11.1. The summed E-state index contributed by atoms with van der Waals surface area (Å²) in [5, 5.41) is 9.46. The Kier molecular flexibility index (Phi) is 2.11. The summed E-state index contributed by atoms with van der Waals surface area (Å²) in [6.45, 7) is 3.94. The number of benzene rings is 1. The Morgan fingerprint density at radius 3 is 2.73 bits per heavy atom. The minimum atomic E-state index is -0.336. The molecule has 0 saturated carbocycles. The summed E-state index contributed by atoms with van der Waals surface area (Å²) >= 11 is 0. The summed E-state index contributed by atoms with van der Waals surface area (Å²) in [5.41, 5.74) is 0.503. The second-order valence-electron chi connectivity index (χ2n) is 4.11. The van der Waals surface area contributed by atoms with E-state index in [0.717, 1.165) is 5.56 Å². The third-order valence-electron chi connectivity index (χ3n) is 2.32. The van der Waals surface area contributed by atoms with Gasteiger partial charge in [-0.3, -0.25) is 0 Å². The lowest BCUT2D eigenvalue weighted by atomic mass is 10.0. The minimum absolute atomic E-state index is 0.179. The van der Waals surface area contributed by atoms with Crippen LogP contribution in [-0.2, 0) is 0 Å². The number of phenols is 1. The molecule has 1 aromatic rings. The van der Waals surface area contributed by atoms with Gasteiger partial charge in [-0.05, 0) is 26.0 Å². The van der Waals surface area contributed by atoms with Crippen molar-refractivity contribution in [2.45, 2.75) is 19.4 Å². The van der Waals surface area contributed by atoms with Crippen molar-refractivity contribution < 1.29 is 14.6 Å². The molecule has 0 atom stereocenters. The van der Waals surface area contributed by atoms with Crippen LogP contribution in [0.25, 0.3) is 6.08 Å². The number of hydrogen-bond acceptors (Lipinski definition) is 3. The Balaban J connectivity index is 2.56. The first-order valence-electron chi connectivity index (χ1n) is 4.81. The number of ether oxygens (including phenoxy) is 2. The quantitative estimate of drug-likeness (QED) is 0.767. The molecule has 15 heavy (non-hydrogen) atoms. The molecule has 0 aliphatic carbocycles. The molecule has 2 rings (SSSR count). The van der Waals surface area contributed by atoms with Crippen molar-refractivity contribution in [1.82, 2.24) is 0 Å². The first kappa shape index (κ1) is 9.90. The number of fused-ring (bicyclic) bond motifs is 1. The Morgan fingerprint density at radius 1 is 1.33 bits per heavy atom. The molecule has 1 aliphatic heterocycles. The van der Waals surface area contributed by atoms with Gasteiger partial charge in [-0.15, -0.1) is 0 Å². The molecule has 80 valence electrons. The fraction of sp³-hybridized carbons (Fsp3) is 0.333. The average molecular weight is 206 g/mol. The summed E-state index contributed by atoms with van der Waals surface area (Å²) in [4.78, 5) is 0. The first-order valence-corrected chi connectivity index (χ1v) is 4.81. The lowest BCUT2D eigenvalue weighted by Gasteiger charge is -2.28. The fourth-order valence-electron chi connectivity index (χ4n) is 1.58. The molecular weight excluding hydrogens is 192 g/mol. The van der Waals surface area contributed by atoms with E-state index in [4.69, 9.17) is 9.47 Å². The Labute approximate surface area is 88.9 Å². The summed E-state index contributed by atoms with van der Waals surface area (Å²) in [7, 11) is 1.56. The maximum absolute atomic E-state index is 9.46. The van der Waals surface area contributed by atoms with Gasteiger partial charge >= 0.3 is 0 Å². The fourth-order valence-corrected chi connectivity index (χ4v) is 1.58. The maximum atomic E-state index is 9.46. The van der Waals surface area contributed by atoms with Gasteiger partial charge in [0.15, 0.2) is 11.5 Å². The molecule has 0 amide bonds. The van der Waals surface area contributed by atoms with Crippen LogP contribution in [0.1, 0.15) is 19.4 Å². The summed E-state index contributed by atoms with van der Waals surface area (Å²) in [6, 6.07) is 3.21. The number of methoxy groups -OCH3 is 1. The highest BCUT2D eigenvalue weighted by atomic mass is 16.5. The van der Waals surface area contributed by atoms with Crippen molar-refractivity contribution in [2.24, 2.45) is 0 Å². The monoisotopic (exact) mass is 206 g/mol. The van der Waals surface area contributed by atoms with Crippen LogP contribution in [0.5, 0.6) is 17.2 Å². The van der Waals surface area contributed by atoms with Crippen LogP contribution >= 0.6 is 0 Å². The van der Waals surface area contributed by atoms with E-state index in [2.05, 4.69) is 0 Å². The molecule has 0 spiro atoms. The van der Waals surface area contributed by atoms with Crippen LogP contribution < -0.4 is 9.47 Å². The molecule has 1 N–H and O–H groups in total. The highest BCUT2D eigenvalue weighted by molar-refractivity contribution is 5.67. The van der Waals surface area contributed by atoms with Gasteiger partial charge in [0, 0.05) is 11.6 Å². The lowest BCUT2D eigenvalue weighted by Crippen LogP contribution is -2.27. The molecule has 0 unspecified atom stereocenters. The molecular formula is C12H14O3. The van der Waals surface area contributed by atoms with Crippen molar-refractivity contribution in [3.63, 3.8) is 0 Å². The lowest BCUT2D eigenvalue weighted by molar-refractivity contribution is 0.152. The third kappa shape index (κ3) is 1.77. The first-order chi connectivity index (χ1) is 7.02. The Hall–Kier alpha value is -1.64. The smallest absolute Gasteiger partial charge is 0.169 e. The van der Waals surface area contributed by atoms with Crippen molar-refractivity contribution in [3.8, 4) is 17.2 Å². The molecule has 0 saturated heterocycles. The molecule has 1 heterocycles. The number of phenolic OH excluding ortho intramolecular Hbond substituents is 1. The zero-order valence-corrected chi connectivity index (χ0v) is 9.07. The van der Waals surface area contributed by atoms with E-state index in [0.29, 0.717) is 11.5 Å². The van der Waals surface area contributed by atoms with Crippen molar-refractivity contribution in [2.75, 3.05) is 7.11 Å². The van der Waals surface area contributed by atoms with E-state index >= 15 is 0 Å². The molecule has 3 nitrogen and oxygen atoms in total. The third-order valence-corrected chi connectivity index (χ3v) is 2.32. The normalized spacial score (nSPS) is 16.7. The Bertz CT molecular complexity index is 419. The van der Waals surface area contributed by atoms with E-state index in [1.807, 2.05) is 26.0 Å². The zero-order valence-electron chi connectivity index (χ0n) is 9.07. The van der Waals surface area contributed by atoms with Gasteiger partial charge in [0.25, 0.3) is 0 Å². The molecule has 0 bridgehead atoms. The van der Waals surface area contributed by atoms with Crippen LogP contribution in [0, 0.1) is 0 Å². The van der Waals surface area contributed by atoms with Crippen molar-refractivity contribution >= 4 is 6.08 Å². The average Bonchev–Trinajstić information content (AvgIpc) is 2.17. The topological polar surface area (TPSA) is 38.7 Å². The van der Waals surface area contributed by atoms with Crippen LogP contribution in [0.3, 0.4) is 0 Å². The summed E-state index contributed by atoms with van der Waals surface area (Å²) < 4.78 is 10.9.